The minimum absolute atomic E-state index is 0.923. The summed E-state index contributed by atoms with van der Waals surface area (Å²) < 4.78 is 0. The molecular weight excluding hydrogens is 1510 g/mol. The normalized spacial score (nSPS) is 11.5. The Kier molecular flexibility index (Phi) is 18.0. The summed E-state index contributed by atoms with van der Waals surface area (Å²) in [4.78, 5) is 44.5. The zero-order chi connectivity index (χ0) is 82.0. The average molecular weight is 1580 g/mol. The highest BCUT2D eigenvalue weighted by Crippen LogP contribution is 2.40. The molecule has 25 aromatic rings. The third kappa shape index (κ3) is 13.7. The highest BCUT2D eigenvalue weighted by Gasteiger charge is 2.18. The second-order valence-electron chi connectivity index (χ2n) is 31.5. The Morgan fingerprint density at radius 3 is 0.823 bits per heavy atom. The summed E-state index contributed by atoms with van der Waals surface area (Å²) in [5, 5.41) is 19.9. The maximum Gasteiger partial charge on any atom is 0.0795 e. The van der Waals surface area contributed by atoms with E-state index in [0.717, 1.165) is 199 Å². The molecule has 9 heterocycles. The Morgan fingerprint density at radius 2 is 0.403 bits per heavy atom. The van der Waals surface area contributed by atoms with Crippen molar-refractivity contribution in [2.24, 2.45) is 0 Å². The van der Waals surface area contributed by atoms with Crippen molar-refractivity contribution in [3.8, 4) is 101 Å². The van der Waals surface area contributed by atoms with E-state index in [-0.39, 0.29) is 0 Å². The van der Waals surface area contributed by atoms with Crippen molar-refractivity contribution in [3.05, 3.63) is 431 Å². The van der Waals surface area contributed by atoms with Crippen molar-refractivity contribution < 1.29 is 0 Å². The van der Waals surface area contributed by atoms with Gasteiger partial charge in [-0.15, -0.1) is 0 Å². The predicted molar refractivity (Wildman–Crippen MR) is 516 cm³/mol. The van der Waals surface area contributed by atoms with Gasteiger partial charge in [-0.3, -0.25) is 15.0 Å². The molecule has 0 aliphatic rings. The van der Waals surface area contributed by atoms with Crippen LogP contribution in [0.1, 0.15) is 0 Å². The van der Waals surface area contributed by atoms with Gasteiger partial charge in [0.1, 0.15) is 0 Å². The largest absolute Gasteiger partial charge is 0.256 e. The Hall–Kier alpha value is -16.8. The third-order valence-corrected chi connectivity index (χ3v) is 24.0. The number of benzene rings is 16. The van der Waals surface area contributed by atoms with Gasteiger partial charge in [0.25, 0.3) is 0 Å². The van der Waals surface area contributed by atoms with Crippen LogP contribution in [0, 0.1) is 0 Å². The molecule has 0 saturated heterocycles. The van der Waals surface area contributed by atoms with Gasteiger partial charge in [0.15, 0.2) is 0 Å². The van der Waals surface area contributed by atoms with Crippen molar-refractivity contribution in [3.63, 3.8) is 0 Å². The highest BCUT2D eigenvalue weighted by molar-refractivity contribution is 6.14. The van der Waals surface area contributed by atoms with Gasteiger partial charge in [-0.25, -0.2) is 29.9 Å². The summed E-state index contributed by atoms with van der Waals surface area (Å²) in [5.74, 6) is 0. The van der Waals surface area contributed by atoms with E-state index < -0.39 is 0 Å². The smallest absolute Gasteiger partial charge is 0.0795 e. The van der Waals surface area contributed by atoms with Crippen LogP contribution in [-0.2, 0) is 0 Å². The van der Waals surface area contributed by atoms with Gasteiger partial charge in [0.2, 0.25) is 0 Å². The van der Waals surface area contributed by atoms with Crippen LogP contribution < -0.4 is 0 Å². The van der Waals surface area contributed by atoms with Gasteiger partial charge in [-0.1, -0.05) is 309 Å². The summed E-state index contributed by atoms with van der Waals surface area (Å²) in [5.41, 5.74) is 27.7. The van der Waals surface area contributed by atoms with Gasteiger partial charge in [-0.2, -0.15) is 0 Å². The van der Waals surface area contributed by atoms with Crippen LogP contribution >= 0.6 is 0 Å². The molecule has 9 nitrogen and oxygen atoms in total. The first-order valence-electron chi connectivity index (χ1n) is 41.7. The van der Waals surface area contributed by atoms with Gasteiger partial charge < -0.3 is 0 Å². The molecule has 124 heavy (non-hydrogen) atoms. The Bertz CT molecular complexity index is 8430. The predicted octanol–water partition coefficient (Wildman–Crippen LogP) is 29.6. The van der Waals surface area contributed by atoms with Crippen LogP contribution in [0.5, 0.6) is 0 Å². The number of fused-ring (bicyclic) bond motifs is 14. The van der Waals surface area contributed by atoms with Crippen LogP contribution in [-0.4, -0.2) is 44.9 Å². The van der Waals surface area contributed by atoms with E-state index in [2.05, 4.69) is 409 Å². The first kappa shape index (κ1) is 72.5. The number of hydrogen-bond donors (Lipinski definition) is 0. The minimum Gasteiger partial charge on any atom is -0.256 e. The zero-order valence-electron chi connectivity index (χ0n) is 67.0. The molecule has 0 aliphatic carbocycles. The highest BCUT2D eigenvalue weighted by atomic mass is 14.8. The van der Waals surface area contributed by atoms with Crippen LogP contribution in [0.2, 0.25) is 0 Å². The molecule has 0 radical (unpaired) electrons. The molecule has 25 rings (SSSR count). The van der Waals surface area contributed by atoms with Crippen LogP contribution in [0.25, 0.3) is 242 Å². The zero-order valence-corrected chi connectivity index (χ0v) is 67.0. The maximum absolute atomic E-state index is 5.21. The third-order valence-electron chi connectivity index (χ3n) is 24.0. The summed E-state index contributed by atoms with van der Waals surface area (Å²) in [6, 6.07) is 145. The lowest BCUT2D eigenvalue weighted by atomic mass is 9.95. The summed E-state index contributed by atoms with van der Waals surface area (Å²) in [6.45, 7) is 0. The van der Waals surface area contributed by atoms with Crippen molar-refractivity contribution in [1.29, 1.82) is 0 Å². The number of aromatic nitrogens is 9. The molecule has 576 valence electrons. The molecule has 0 N–H and O–H groups in total. The van der Waals surface area contributed by atoms with Gasteiger partial charge in [0.05, 0.1) is 83.8 Å². The molecule has 0 unspecified atom stereocenters. The molecule has 16 aromatic carbocycles. The fraction of sp³-hybridized carbons (Fsp3) is 0. The molecule has 9 heteroatoms. The molecule has 9 aromatic heterocycles. The Labute approximate surface area is 713 Å². The maximum atomic E-state index is 5.21. The number of rotatable bonds is 9. The number of para-hydroxylation sites is 3. The van der Waals surface area contributed by atoms with E-state index in [1.807, 2.05) is 36.8 Å². The second-order valence-corrected chi connectivity index (χ2v) is 31.5. The quantitative estimate of drug-likeness (QED) is 0.130. The lowest BCUT2D eigenvalue weighted by Gasteiger charge is -2.12. The van der Waals surface area contributed by atoms with E-state index >= 15 is 0 Å². The summed E-state index contributed by atoms with van der Waals surface area (Å²) in [7, 11) is 0. The molecule has 0 bridgehead atoms. The van der Waals surface area contributed by atoms with Crippen molar-refractivity contribution in [2.75, 3.05) is 0 Å². The lowest BCUT2D eigenvalue weighted by Crippen LogP contribution is -1.90. The van der Waals surface area contributed by atoms with Gasteiger partial charge in [-0.05, 0) is 180 Å². The summed E-state index contributed by atoms with van der Waals surface area (Å²) in [6.07, 6.45) is 5.52. The molecule has 0 atom stereocenters. The fourth-order valence-electron chi connectivity index (χ4n) is 17.7. The Morgan fingerprint density at radius 1 is 0.129 bits per heavy atom. The van der Waals surface area contributed by atoms with E-state index in [1.165, 1.54) is 43.1 Å². The van der Waals surface area contributed by atoms with Crippen molar-refractivity contribution >= 4 is 141 Å². The minimum atomic E-state index is 0.923. The van der Waals surface area contributed by atoms with Crippen LogP contribution in [0.15, 0.2) is 431 Å². The number of nitrogens with zero attached hydrogens (tertiary/aromatic N) is 9. The molecule has 0 aliphatic heterocycles. The molecule has 0 amide bonds. The second kappa shape index (κ2) is 30.9. The van der Waals surface area contributed by atoms with Crippen molar-refractivity contribution in [2.45, 2.75) is 0 Å². The van der Waals surface area contributed by atoms with Gasteiger partial charge >= 0.3 is 0 Å². The van der Waals surface area contributed by atoms with Crippen molar-refractivity contribution in [1.82, 2.24) is 44.9 Å². The molecule has 0 spiro atoms. The monoisotopic (exact) mass is 1580 g/mol. The van der Waals surface area contributed by atoms with E-state index in [4.69, 9.17) is 29.9 Å². The molecule has 0 saturated carbocycles. The molecular formula is C115H71N9. The summed E-state index contributed by atoms with van der Waals surface area (Å²) >= 11 is 0. The standard InChI is InChI=1S/C41H25N3.2C37H23N3/c1-2-10-32-31(7-1)23-36(34-12-4-3-11-33(32)34)38-21-19-27-15-17-30(25-40(27)44-38)29-16-14-26-18-20-37(43-39(26)24-29)35-13-5-8-28-9-6-22-42-41(28)35;1-2-10-30-24(6-1)7-3-11-31(30)33-19-17-25-13-15-28(22-35(25)39-33)29-16-14-26-18-20-34(40-36(26)23-29)32-12-4-8-27-9-5-21-38-37(27)32;1-2-6-28-21-31(15-10-24(28)5-1)33-18-16-25-11-13-29(22-35(25)39-33)30-14-12-26-17-19-34(40-36(26)23-30)32-9-3-7-27-8-4-20-38-37(27)32/h1-25H;2*1-23H. The Balaban J connectivity index is 0.000000108. The van der Waals surface area contributed by atoms with E-state index in [9.17, 15) is 0 Å². The van der Waals surface area contributed by atoms with Crippen LogP contribution in [0.4, 0.5) is 0 Å². The van der Waals surface area contributed by atoms with E-state index in [0.29, 0.717) is 0 Å². The first-order chi connectivity index (χ1) is 61.4. The average Bonchev–Trinajstić information content (AvgIpc) is 0.765. The lowest BCUT2D eigenvalue weighted by molar-refractivity contribution is 1.37. The van der Waals surface area contributed by atoms with Crippen LogP contribution in [0.3, 0.4) is 0 Å². The van der Waals surface area contributed by atoms with E-state index in [1.54, 1.807) is 0 Å². The number of hydrogen-bond acceptors (Lipinski definition) is 9. The number of pyridine rings is 9. The molecule has 0 fully saturated rings. The first-order valence-corrected chi connectivity index (χ1v) is 41.7. The van der Waals surface area contributed by atoms with Gasteiger partial charge in [0, 0.05) is 100 Å². The SMILES string of the molecule is c1ccc2c(-c3ccc4ccc(-c5ccc6ccc(-c7cccc8cccnc78)nc6c5)cc4n3)cccc2c1.c1ccc2cc(-c3ccc4ccc(-c5ccc6ccc(-c7cccc8cccnc78)nc6c5)cc4n3)ccc2c1.c1cnc2c(-c3ccc4ccc(-c5ccc6ccc(-c7cc8ccccc8c8ccccc78)nc6c5)cc4n3)cccc2c1. The fourth-order valence-corrected chi connectivity index (χ4v) is 17.7. The topological polar surface area (TPSA) is 116 Å².